The molecule has 0 fully saturated rings. The van der Waals surface area contributed by atoms with Gasteiger partial charge in [-0.2, -0.15) is 0 Å². The van der Waals surface area contributed by atoms with E-state index < -0.39 is 17.6 Å². The molecule has 0 saturated carbocycles. The zero-order valence-corrected chi connectivity index (χ0v) is 15.2. The summed E-state index contributed by atoms with van der Waals surface area (Å²) < 4.78 is 17.7. The van der Waals surface area contributed by atoms with Crippen LogP contribution in [0.15, 0.2) is 42.6 Å². The van der Waals surface area contributed by atoms with Crippen molar-refractivity contribution in [2.45, 2.75) is 6.42 Å². The van der Waals surface area contributed by atoms with E-state index in [2.05, 4.69) is 15.1 Å². The topological polar surface area (TPSA) is 118 Å². The van der Waals surface area contributed by atoms with Gasteiger partial charge >= 0.3 is 5.97 Å². The third kappa shape index (κ3) is 4.13. The smallest absolute Gasteiger partial charge is 0.341 e. The molecule has 3 N–H and O–H groups in total. The summed E-state index contributed by atoms with van der Waals surface area (Å²) in [4.78, 5) is 39.1. The molecule has 0 radical (unpaired) electrons. The highest BCUT2D eigenvalue weighted by atomic mass is 19.1. The van der Waals surface area contributed by atoms with Crippen LogP contribution in [-0.2, 0) is 16.0 Å². The lowest BCUT2D eigenvalue weighted by molar-refractivity contribution is -0.110. The van der Waals surface area contributed by atoms with Crippen LogP contribution in [0.3, 0.4) is 0 Å². The Morgan fingerprint density at radius 2 is 1.90 bits per heavy atom. The van der Waals surface area contributed by atoms with Gasteiger partial charge in [0.2, 0.25) is 6.41 Å². The number of hydrazine groups is 1. The number of hydrogen-bond donors (Lipinski definition) is 3. The first-order valence-electron chi connectivity index (χ1n) is 8.41. The van der Waals surface area contributed by atoms with Crippen molar-refractivity contribution >= 4 is 29.2 Å². The molecule has 0 aliphatic rings. The molecule has 3 rings (SSSR count). The van der Waals surface area contributed by atoms with Crippen LogP contribution in [0.2, 0.25) is 0 Å². The summed E-state index contributed by atoms with van der Waals surface area (Å²) in [5.74, 6) is -2.35. The van der Waals surface area contributed by atoms with Crippen LogP contribution < -0.4 is 10.9 Å². The number of ether oxygens (including phenoxy) is 1. The van der Waals surface area contributed by atoms with Crippen molar-refractivity contribution in [3.05, 3.63) is 70.7 Å². The molecule has 2 amide bonds. The zero-order chi connectivity index (χ0) is 21.0. The summed E-state index contributed by atoms with van der Waals surface area (Å²) in [5, 5.41) is 10.7. The van der Waals surface area contributed by atoms with Gasteiger partial charge in [0.15, 0.2) is 5.75 Å². The Hall–Kier alpha value is -4.01. The maximum Gasteiger partial charge on any atom is 0.341 e. The van der Waals surface area contributed by atoms with E-state index in [0.29, 0.717) is 12.0 Å². The SMILES string of the molecule is COC(=O)c1cc(C(=O)NNC=O)c2cc(Cc3ccc(F)cc3)cnc2c1O. The monoisotopic (exact) mass is 397 g/mol. The molecular formula is C20H16FN3O5. The molecule has 0 atom stereocenters. The van der Waals surface area contributed by atoms with E-state index in [1.165, 1.54) is 18.3 Å². The Morgan fingerprint density at radius 3 is 2.55 bits per heavy atom. The Morgan fingerprint density at radius 1 is 1.17 bits per heavy atom. The summed E-state index contributed by atoms with van der Waals surface area (Å²) in [6, 6.07) is 8.71. The fourth-order valence-electron chi connectivity index (χ4n) is 2.87. The van der Waals surface area contributed by atoms with E-state index in [1.807, 2.05) is 5.43 Å². The molecule has 0 bridgehead atoms. The van der Waals surface area contributed by atoms with Crippen LogP contribution in [-0.4, -0.2) is 35.5 Å². The van der Waals surface area contributed by atoms with Crippen molar-refractivity contribution in [2.24, 2.45) is 0 Å². The van der Waals surface area contributed by atoms with Gasteiger partial charge in [0.1, 0.15) is 16.9 Å². The van der Waals surface area contributed by atoms with E-state index in [4.69, 9.17) is 0 Å². The van der Waals surface area contributed by atoms with Crippen LogP contribution in [0.25, 0.3) is 10.9 Å². The molecule has 0 unspecified atom stereocenters. The Labute approximate surface area is 164 Å². The van der Waals surface area contributed by atoms with Crippen molar-refractivity contribution in [2.75, 3.05) is 7.11 Å². The molecule has 0 aliphatic heterocycles. The number of halogens is 1. The van der Waals surface area contributed by atoms with Crippen LogP contribution in [0.1, 0.15) is 31.8 Å². The highest BCUT2D eigenvalue weighted by molar-refractivity contribution is 6.11. The number of benzene rings is 2. The van der Waals surface area contributed by atoms with Gasteiger partial charge in [0.05, 0.1) is 12.7 Å². The first-order chi connectivity index (χ1) is 13.9. The van der Waals surface area contributed by atoms with E-state index in [9.17, 15) is 23.9 Å². The summed E-state index contributed by atoms with van der Waals surface area (Å²) in [6.07, 6.45) is 2.16. The average Bonchev–Trinajstić information content (AvgIpc) is 2.73. The Kier molecular flexibility index (Phi) is 5.68. The molecule has 0 saturated heterocycles. The number of methoxy groups -OCH3 is 1. The van der Waals surface area contributed by atoms with E-state index >= 15 is 0 Å². The number of pyridine rings is 1. The molecule has 0 aliphatic carbocycles. The van der Waals surface area contributed by atoms with Gasteiger partial charge in [0.25, 0.3) is 5.91 Å². The van der Waals surface area contributed by atoms with Crippen LogP contribution in [0.5, 0.6) is 5.75 Å². The molecule has 3 aromatic rings. The quantitative estimate of drug-likeness (QED) is 0.332. The molecular weight excluding hydrogens is 381 g/mol. The van der Waals surface area contributed by atoms with Gasteiger partial charge < -0.3 is 9.84 Å². The first-order valence-corrected chi connectivity index (χ1v) is 8.41. The number of carbonyl (C=O) groups excluding carboxylic acids is 3. The van der Waals surface area contributed by atoms with Crippen LogP contribution in [0, 0.1) is 5.82 Å². The van der Waals surface area contributed by atoms with Gasteiger partial charge in [-0.3, -0.25) is 25.4 Å². The second kappa shape index (κ2) is 8.34. The summed E-state index contributed by atoms with van der Waals surface area (Å²) in [6.45, 7) is 0. The standard InChI is InChI=1S/C20H16FN3O5/c1-29-20(28)16-8-15(19(27)24-23-10-25)14-7-12(9-22-17(14)18(16)26)6-11-2-4-13(21)5-3-11/h2-5,7-10,26H,6H2,1H3,(H,23,25)(H,24,27). The summed E-state index contributed by atoms with van der Waals surface area (Å²) >= 11 is 0. The molecule has 2 aromatic carbocycles. The number of hydrogen-bond acceptors (Lipinski definition) is 6. The van der Waals surface area contributed by atoms with Gasteiger partial charge in [-0.25, -0.2) is 9.18 Å². The number of carbonyl (C=O) groups is 3. The number of rotatable bonds is 6. The third-order valence-electron chi connectivity index (χ3n) is 4.22. The number of phenols is 1. The number of aromatic nitrogens is 1. The molecule has 29 heavy (non-hydrogen) atoms. The minimum atomic E-state index is -0.848. The van der Waals surface area contributed by atoms with Gasteiger partial charge in [-0.1, -0.05) is 12.1 Å². The molecule has 9 heteroatoms. The lowest BCUT2D eigenvalue weighted by Gasteiger charge is -2.12. The summed E-state index contributed by atoms with van der Waals surface area (Å²) in [7, 11) is 1.14. The normalized spacial score (nSPS) is 10.4. The van der Waals surface area contributed by atoms with E-state index in [0.717, 1.165) is 18.7 Å². The highest BCUT2D eigenvalue weighted by Crippen LogP contribution is 2.32. The van der Waals surface area contributed by atoms with E-state index in [1.54, 1.807) is 18.2 Å². The number of aromatic hydroxyl groups is 1. The number of esters is 1. The molecule has 1 heterocycles. The van der Waals surface area contributed by atoms with Gasteiger partial charge in [0, 0.05) is 11.6 Å². The van der Waals surface area contributed by atoms with E-state index in [-0.39, 0.29) is 34.3 Å². The predicted octanol–water partition coefficient (Wildman–Crippen LogP) is 1.85. The number of nitrogens with one attached hydrogen (secondary N) is 2. The lowest BCUT2D eigenvalue weighted by atomic mass is 9.99. The molecule has 8 nitrogen and oxygen atoms in total. The number of phenolic OH excluding ortho intramolecular Hbond substituents is 1. The van der Waals surface area contributed by atoms with Gasteiger partial charge in [-0.05, 0) is 41.8 Å². The molecule has 148 valence electrons. The fourth-order valence-corrected chi connectivity index (χ4v) is 2.87. The highest BCUT2D eigenvalue weighted by Gasteiger charge is 2.22. The van der Waals surface area contributed by atoms with Crippen molar-refractivity contribution in [3.8, 4) is 5.75 Å². The van der Waals surface area contributed by atoms with Crippen LogP contribution >= 0.6 is 0 Å². The predicted molar refractivity (Wildman–Crippen MR) is 101 cm³/mol. The number of nitrogens with zero attached hydrogens (tertiary/aromatic N) is 1. The maximum absolute atomic E-state index is 13.1. The second-order valence-electron chi connectivity index (χ2n) is 6.07. The average molecular weight is 397 g/mol. The molecule has 0 spiro atoms. The lowest BCUT2D eigenvalue weighted by Crippen LogP contribution is -2.36. The fraction of sp³-hybridized carbons (Fsp3) is 0.100. The number of fused-ring (bicyclic) bond motifs is 1. The largest absolute Gasteiger partial charge is 0.505 e. The molecule has 1 aromatic heterocycles. The first kappa shape index (κ1) is 19.7. The number of amides is 2. The second-order valence-corrected chi connectivity index (χ2v) is 6.07. The Bertz CT molecular complexity index is 1100. The van der Waals surface area contributed by atoms with Gasteiger partial charge in [-0.15, -0.1) is 0 Å². The van der Waals surface area contributed by atoms with Crippen molar-refractivity contribution in [3.63, 3.8) is 0 Å². The van der Waals surface area contributed by atoms with Crippen molar-refractivity contribution in [1.29, 1.82) is 0 Å². The van der Waals surface area contributed by atoms with Crippen molar-refractivity contribution < 1.29 is 28.6 Å². The minimum Gasteiger partial charge on any atom is -0.505 e. The minimum absolute atomic E-state index is 0.000932. The van der Waals surface area contributed by atoms with Crippen molar-refractivity contribution in [1.82, 2.24) is 15.8 Å². The zero-order valence-electron chi connectivity index (χ0n) is 15.2. The maximum atomic E-state index is 13.1. The van der Waals surface area contributed by atoms with Crippen LogP contribution in [0.4, 0.5) is 4.39 Å². The Balaban J connectivity index is 2.13. The third-order valence-corrected chi connectivity index (χ3v) is 4.22. The summed E-state index contributed by atoms with van der Waals surface area (Å²) in [5.41, 5.74) is 5.48.